The SMILES string of the molecule is Cc1ccc(-c2cn(CC3CCOCC3)cc(C(N)=O)c2=O)nc1.O.O=P(O)(O)O. The third kappa shape index (κ3) is 8.15. The molecule has 1 saturated heterocycles. The molecule has 0 spiro atoms. The molecule has 1 amide bonds. The molecule has 0 aliphatic carbocycles. The van der Waals surface area contributed by atoms with Gasteiger partial charge in [-0.25, -0.2) is 4.57 Å². The van der Waals surface area contributed by atoms with Crippen molar-refractivity contribution in [1.82, 2.24) is 9.55 Å². The quantitative estimate of drug-likeness (QED) is 0.473. The zero-order chi connectivity index (χ0) is 21.6. The fraction of sp³-hybridized carbons (Fsp3) is 0.389. The number of carbonyl (C=O) groups excluding carboxylic acids is 1. The number of nitrogens with two attached hydrogens (primary N) is 1. The molecule has 0 aromatic carbocycles. The Morgan fingerprint density at radius 2 is 1.87 bits per heavy atom. The van der Waals surface area contributed by atoms with Crippen LogP contribution < -0.4 is 11.2 Å². The van der Waals surface area contributed by atoms with E-state index in [1.165, 1.54) is 0 Å². The maximum absolute atomic E-state index is 12.6. The van der Waals surface area contributed by atoms with Crippen molar-refractivity contribution in [2.45, 2.75) is 26.3 Å². The number of phosphoric acid groups is 1. The lowest BCUT2D eigenvalue weighted by atomic mass is 10.00. The van der Waals surface area contributed by atoms with Crippen LogP contribution in [-0.2, 0) is 15.8 Å². The standard InChI is InChI=1S/C18H21N3O3.H3O4P.H2O/c1-12-2-3-16(20-8-12)14-10-21(9-13-4-6-24-7-5-13)11-15(17(14)22)18(19)23;1-5(2,3)4;/h2-3,8,10-11,13H,4-7,9H2,1H3,(H2,19,23);(H3,1,2,3,4);1H2. The number of aromatic nitrogens is 2. The second-order valence-electron chi connectivity index (χ2n) is 6.77. The van der Waals surface area contributed by atoms with Crippen molar-refractivity contribution in [1.29, 1.82) is 0 Å². The van der Waals surface area contributed by atoms with Crippen molar-refractivity contribution in [3.05, 3.63) is 52.1 Å². The molecule has 0 saturated carbocycles. The molecule has 3 heterocycles. The summed E-state index contributed by atoms with van der Waals surface area (Å²) in [5.74, 6) is -0.254. The van der Waals surface area contributed by atoms with Crippen molar-refractivity contribution in [3.63, 3.8) is 0 Å². The predicted octanol–water partition coefficient (Wildman–Crippen LogP) is -0.00908. The largest absolute Gasteiger partial charge is 0.466 e. The number of carbonyl (C=O) groups is 1. The second-order valence-corrected chi connectivity index (χ2v) is 7.79. The highest BCUT2D eigenvalue weighted by Crippen LogP contribution is 2.25. The number of nitrogens with zero attached hydrogens (tertiary/aromatic N) is 2. The van der Waals surface area contributed by atoms with Crippen LogP contribution >= 0.6 is 7.82 Å². The Labute approximate surface area is 172 Å². The van der Waals surface area contributed by atoms with Gasteiger partial charge < -0.3 is 35.2 Å². The molecule has 1 aliphatic rings. The van der Waals surface area contributed by atoms with Crippen LogP contribution in [0.25, 0.3) is 11.3 Å². The number of hydrogen-bond donors (Lipinski definition) is 4. The van der Waals surface area contributed by atoms with Crippen LogP contribution in [0.3, 0.4) is 0 Å². The maximum Gasteiger partial charge on any atom is 0.466 e. The van der Waals surface area contributed by atoms with Gasteiger partial charge in [-0.05, 0) is 37.3 Å². The minimum absolute atomic E-state index is 0. The van der Waals surface area contributed by atoms with Gasteiger partial charge in [0.05, 0.1) is 11.3 Å². The third-order valence-electron chi connectivity index (χ3n) is 4.34. The van der Waals surface area contributed by atoms with Crippen LogP contribution in [-0.4, -0.2) is 48.8 Å². The van der Waals surface area contributed by atoms with Crippen LogP contribution in [0.15, 0.2) is 35.5 Å². The third-order valence-corrected chi connectivity index (χ3v) is 4.34. The van der Waals surface area contributed by atoms with Gasteiger partial charge in [-0.2, -0.15) is 0 Å². The second kappa shape index (κ2) is 11.1. The minimum atomic E-state index is -4.64. The highest BCUT2D eigenvalue weighted by Gasteiger charge is 2.18. The Kier molecular flexibility index (Phi) is 9.50. The molecule has 0 unspecified atom stereocenters. The molecule has 30 heavy (non-hydrogen) atoms. The van der Waals surface area contributed by atoms with Gasteiger partial charge in [0.15, 0.2) is 0 Å². The van der Waals surface area contributed by atoms with Crippen molar-refractivity contribution in [3.8, 4) is 11.3 Å². The average molecular weight is 443 g/mol. The Morgan fingerprint density at radius 3 is 2.37 bits per heavy atom. The molecule has 1 aliphatic heterocycles. The van der Waals surface area contributed by atoms with Crippen molar-refractivity contribution in [2.75, 3.05) is 13.2 Å². The summed E-state index contributed by atoms with van der Waals surface area (Å²) in [7, 11) is -4.64. The predicted molar refractivity (Wildman–Crippen MR) is 109 cm³/mol. The minimum Gasteiger partial charge on any atom is -0.412 e. The molecule has 166 valence electrons. The van der Waals surface area contributed by atoms with E-state index in [9.17, 15) is 9.59 Å². The van der Waals surface area contributed by atoms with E-state index >= 15 is 0 Å². The monoisotopic (exact) mass is 443 g/mol. The molecule has 1 fully saturated rings. The summed E-state index contributed by atoms with van der Waals surface area (Å²) in [4.78, 5) is 50.1. The number of rotatable bonds is 4. The summed E-state index contributed by atoms with van der Waals surface area (Å²) in [5, 5.41) is 0. The normalized spacial score (nSPS) is 14.3. The number of hydrogen-bond acceptors (Lipinski definition) is 5. The van der Waals surface area contributed by atoms with Gasteiger partial charge in [-0.3, -0.25) is 14.6 Å². The van der Waals surface area contributed by atoms with Gasteiger partial charge >= 0.3 is 7.82 Å². The van der Waals surface area contributed by atoms with Gasteiger partial charge in [0, 0.05) is 38.3 Å². The molecule has 0 atom stereocenters. The zero-order valence-corrected chi connectivity index (χ0v) is 17.3. The van der Waals surface area contributed by atoms with Gasteiger partial charge in [0.25, 0.3) is 5.91 Å². The number of pyridine rings is 2. The van der Waals surface area contributed by atoms with Crippen LogP contribution in [0.4, 0.5) is 0 Å². The van der Waals surface area contributed by atoms with E-state index in [1.807, 2.05) is 17.6 Å². The van der Waals surface area contributed by atoms with Crippen molar-refractivity contribution < 1.29 is 34.3 Å². The molecule has 7 N–H and O–H groups in total. The molecule has 3 rings (SSSR count). The lowest BCUT2D eigenvalue weighted by Gasteiger charge is -2.23. The first-order valence-corrected chi connectivity index (χ1v) is 10.4. The Morgan fingerprint density at radius 1 is 1.27 bits per heavy atom. The van der Waals surface area contributed by atoms with E-state index in [2.05, 4.69) is 4.98 Å². The summed E-state index contributed by atoms with van der Waals surface area (Å²) in [6, 6.07) is 3.68. The summed E-state index contributed by atoms with van der Waals surface area (Å²) in [5.41, 5.74) is 6.98. The summed E-state index contributed by atoms with van der Waals surface area (Å²) in [6.45, 7) is 4.16. The van der Waals surface area contributed by atoms with Crippen LogP contribution in [0.1, 0.15) is 28.8 Å². The van der Waals surface area contributed by atoms with E-state index in [-0.39, 0.29) is 16.5 Å². The zero-order valence-electron chi connectivity index (χ0n) is 16.4. The Balaban J connectivity index is 0.000000674. The van der Waals surface area contributed by atoms with Crippen LogP contribution in [0.2, 0.25) is 0 Å². The van der Waals surface area contributed by atoms with Crippen LogP contribution in [0, 0.1) is 12.8 Å². The van der Waals surface area contributed by atoms with Gasteiger partial charge in [-0.1, -0.05) is 6.07 Å². The molecular weight excluding hydrogens is 417 g/mol. The van der Waals surface area contributed by atoms with Gasteiger partial charge in [-0.15, -0.1) is 0 Å². The van der Waals surface area contributed by atoms with E-state index in [4.69, 9.17) is 29.7 Å². The number of primary amides is 1. The number of ether oxygens (including phenoxy) is 1. The molecule has 0 radical (unpaired) electrons. The summed E-state index contributed by atoms with van der Waals surface area (Å²) in [6.07, 6.45) is 6.96. The lowest BCUT2D eigenvalue weighted by Crippen LogP contribution is -2.27. The van der Waals surface area contributed by atoms with Gasteiger partial charge in [0.2, 0.25) is 5.43 Å². The topological polar surface area (TPSA) is 196 Å². The maximum atomic E-state index is 12.6. The lowest BCUT2D eigenvalue weighted by molar-refractivity contribution is 0.0612. The molecular formula is C18H26N3O8P. The summed E-state index contributed by atoms with van der Waals surface area (Å²) < 4.78 is 16.1. The van der Waals surface area contributed by atoms with Crippen LogP contribution in [0.5, 0.6) is 0 Å². The highest BCUT2D eigenvalue weighted by atomic mass is 31.2. The first kappa shape index (κ1) is 25.6. The van der Waals surface area contributed by atoms with E-state index in [0.717, 1.165) is 38.2 Å². The fourth-order valence-corrected chi connectivity index (χ4v) is 2.95. The Bertz CT molecular complexity index is 941. The fourth-order valence-electron chi connectivity index (χ4n) is 2.95. The number of aryl methyl sites for hydroxylation is 1. The first-order valence-electron chi connectivity index (χ1n) is 8.87. The average Bonchev–Trinajstić information content (AvgIpc) is 2.63. The van der Waals surface area contributed by atoms with Gasteiger partial charge in [0.1, 0.15) is 5.56 Å². The molecule has 2 aromatic rings. The molecule has 11 nitrogen and oxygen atoms in total. The smallest absolute Gasteiger partial charge is 0.412 e. The molecule has 2 aromatic heterocycles. The number of amides is 1. The first-order chi connectivity index (χ1) is 13.5. The van der Waals surface area contributed by atoms with Crippen molar-refractivity contribution in [2.24, 2.45) is 11.7 Å². The summed E-state index contributed by atoms with van der Waals surface area (Å²) >= 11 is 0. The molecule has 0 bridgehead atoms. The highest BCUT2D eigenvalue weighted by molar-refractivity contribution is 7.45. The Hall–Kier alpha value is -2.40. The van der Waals surface area contributed by atoms with E-state index in [1.54, 1.807) is 24.7 Å². The molecule has 12 heteroatoms. The van der Waals surface area contributed by atoms with E-state index in [0.29, 0.717) is 17.2 Å². The van der Waals surface area contributed by atoms with E-state index < -0.39 is 13.7 Å². The van der Waals surface area contributed by atoms with Crippen molar-refractivity contribution >= 4 is 13.7 Å².